The minimum absolute atomic E-state index is 0.566. The molecular formula is C15H22BrN3. The summed E-state index contributed by atoms with van der Waals surface area (Å²) in [6.45, 7) is 2.36. The van der Waals surface area contributed by atoms with Crippen molar-refractivity contribution in [3.63, 3.8) is 0 Å². The Morgan fingerprint density at radius 1 is 1.11 bits per heavy atom. The highest BCUT2D eigenvalue weighted by atomic mass is 79.9. The Hall–Kier alpha value is -0.640. The van der Waals surface area contributed by atoms with E-state index in [1.165, 1.54) is 44.9 Å². The van der Waals surface area contributed by atoms with Gasteiger partial charge in [-0.2, -0.15) is 0 Å². The van der Waals surface area contributed by atoms with E-state index >= 15 is 0 Å². The second-order valence-corrected chi connectivity index (χ2v) is 6.89. The van der Waals surface area contributed by atoms with Crippen LogP contribution in [0.25, 0.3) is 0 Å². The average molecular weight is 324 g/mol. The third-order valence-electron chi connectivity index (χ3n) is 4.35. The van der Waals surface area contributed by atoms with Crippen molar-refractivity contribution in [3.05, 3.63) is 16.5 Å². The SMILES string of the molecule is CC1CCCCCC1Nc1cc(Br)nc(C2CC2)n1. The monoisotopic (exact) mass is 323 g/mol. The molecular weight excluding hydrogens is 302 g/mol. The third-order valence-corrected chi connectivity index (χ3v) is 4.76. The standard InChI is InChI=1S/C15H22BrN3/c1-10-5-3-2-4-6-12(10)17-14-9-13(16)18-15(19-14)11-7-8-11/h9-12H,2-8H2,1H3,(H,17,18,19). The first-order valence-corrected chi connectivity index (χ1v) is 8.32. The normalized spacial score (nSPS) is 27.9. The maximum Gasteiger partial charge on any atom is 0.135 e. The van der Waals surface area contributed by atoms with Gasteiger partial charge >= 0.3 is 0 Å². The zero-order valence-electron chi connectivity index (χ0n) is 11.5. The fourth-order valence-corrected chi connectivity index (χ4v) is 3.33. The Labute approximate surface area is 123 Å². The molecule has 0 saturated heterocycles. The summed E-state index contributed by atoms with van der Waals surface area (Å²) in [6, 6.07) is 2.58. The Kier molecular flexibility index (Phi) is 4.06. The van der Waals surface area contributed by atoms with Gasteiger partial charge in [0, 0.05) is 18.0 Å². The second kappa shape index (κ2) is 5.78. The molecule has 2 fully saturated rings. The number of nitrogens with one attached hydrogen (secondary N) is 1. The average Bonchev–Trinajstić information content (AvgIpc) is 3.19. The Morgan fingerprint density at radius 2 is 1.89 bits per heavy atom. The van der Waals surface area contributed by atoms with E-state index in [0.717, 1.165) is 22.2 Å². The van der Waals surface area contributed by atoms with Gasteiger partial charge in [0.1, 0.15) is 16.2 Å². The van der Waals surface area contributed by atoms with Crippen molar-refractivity contribution in [3.8, 4) is 0 Å². The lowest BCUT2D eigenvalue weighted by Gasteiger charge is -2.23. The summed E-state index contributed by atoms with van der Waals surface area (Å²) in [5, 5.41) is 3.65. The summed E-state index contributed by atoms with van der Waals surface area (Å²) in [6.07, 6.45) is 9.18. The summed E-state index contributed by atoms with van der Waals surface area (Å²) in [7, 11) is 0. The zero-order valence-corrected chi connectivity index (χ0v) is 13.1. The molecule has 1 aromatic heterocycles. The van der Waals surface area contributed by atoms with E-state index in [4.69, 9.17) is 4.98 Å². The van der Waals surface area contributed by atoms with Crippen molar-refractivity contribution >= 4 is 21.7 Å². The van der Waals surface area contributed by atoms with E-state index < -0.39 is 0 Å². The lowest BCUT2D eigenvalue weighted by atomic mass is 9.97. The summed E-state index contributed by atoms with van der Waals surface area (Å²) in [5.41, 5.74) is 0. The molecule has 19 heavy (non-hydrogen) atoms. The van der Waals surface area contributed by atoms with Gasteiger partial charge in [0.2, 0.25) is 0 Å². The first-order chi connectivity index (χ1) is 9.22. The molecule has 3 nitrogen and oxygen atoms in total. The molecule has 0 bridgehead atoms. The van der Waals surface area contributed by atoms with Gasteiger partial charge in [-0.1, -0.05) is 26.2 Å². The predicted octanol–water partition coefficient (Wildman–Crippen LogP) is 4.50. The molecule has 2 saturated carbocycles. The molecule has 2 unspecified atom stereocenters. The van der Waals surface area contributed by atoms with E-state index in [0.29, 0.717) is 12.0 Å². The molecule has 0 spiro atoms. The summed E-state index contributed by atoms with van der Waals surface area (Å²) < 4.78 is 0.910. The van der Waals surface area contributed by atoms with E-state index in [1.54, 1.807) is 0 Å². The van der Waals surface area contributed by atoms with Crippen molar-refractivity contribution in [2.24, 2.45) is 5.92 Å². The number of halogens is 1. The lowest BCUT2D eigenvalue weighted by molar-refractivity contribution is 0.455. The molecule has 0 aliphatic heterocycles. The van der Waals surface area contributed by atoms with E-state index in [1.807, 2.05) is 6.07 Å². The predicted molar refractivity (Wildman–Crippen MR) is 81.4 cm³/mol. The molecule has 0 amide bonds. The van der Waals surface area contributed by atoms with Crippen LogP contribution < -0.4 is 5.32 Å². The molecule has 2 atom stereocenters. The molecule has 3 rings (SSSR count). The van der Waals surface area contributed by atoms with Crippen LogP contribution in [-0.2, 0) is 0 Å². The molecule has 4 heteroatoms. The van der Waals surface area contributed by atoms with Crippen LogP contribution in [0.2, 0.25) is 0 Å². The highest BCUT2D eigenvalue weighted by molar-refractivity contribution is 9.10. The Bertz CT molecular complexity index is 445. The smallest absolute Gasteiger partial charge is 0.135 e. The van der Waals surface area contributed by atoms with E-state index in [-0.39, 0.29) is 0 Å². The van der Waals surface area contributed by atoms with Gasteiger partial charge < -0.3 is 5.32 Å². The van der Waals surface area contributed by atoms with Crippen LogP contribution in [0, 0.1) is 5.92 Å². The van der Waals surface area contributed by atoms with E-state index in [2.05, 4.69) is 33.2 Å². The number of hydrogen-bond acceptors (Lipinski definition) is 3. The maximum atomic E-state index is 4.70. The fraction of sp³-hybridized carbons (Fsp3) is 0.733. The Balaban J connectivity index is 1.74. The topological polar surface area (TPSA) is 37.8 Å². The minimum atomic E-state index is 0.566. The highest BCUT2D eigenvalue weighted by Gasteiger charge is 2.28. The second-order valence-electron chi connectivity index (χ2n) is 6.07. The molecule has 2 aliphatic carbocycles. The van der Waals surface area contributed by atoms with Crippen molar-refractivity contribution < 1.29 is 0 Å². The van der Waals surface area contributed by atoms with Crippen LogP contribution in [-0.4, -0.2) is 16.0 Å². The minimum Gasteiger partial charge on any atom is -0.367 e. The number of rotatable bonds is 3. The largest absolute Gasteiger partial charge is 0.367 e. The molecule has 104 valence electrons. The number of aromatic nitrogens is 2. The lowest BCUT2D eigenvalue weighted by Crippen LogP contribution is -2.27. The highest BCUT2D eigenvalue weighted by Crippen LogP contribution is 2.39. The van der Waals surface area contributed by atoms with Gasteiger partial charge in [-0.05, 0) is 47.5 Å². The van der Waals surface area contributed by atoms with Crippen molar-refractivity contribution in [1.29, 1.82) is 0 Å². The van der Waals surface area contributed by atoms with Crippen LogP contribution in [0.4, 0.5) is 5.82 Å². The van der Waals surface area contributed by atoms with Gasteiger partial charge in [0.15, 0.2) is 0 Å². The van der Waals surface area contributed by atoms with Gasteiger partial charge in [0.25, 0.3) is 0 Å². The summed E-state index contributed by atoms with van der Waals surface area (Å²) in [5.74, 6) is 3.35. The zero-order chi connectivity index (χ0) is 13.2. The van der Waals surface area contributed by atoms with Crippen molar-refractivity contribution in [2.45, 2.75) is 63.8 Å². The molecule has 2 aliphatic rings. The third kappa shape index (κ3) is 3.47. The van der Waals surface area contributed by atoms with Crippen LogP contribution >= 0.6 is 15.9 Å². The van der Waals surface area contributed by atoms with Crippen LogP contribution in [0.1, 0.15) is 63.6 Å². The fourth-order valence-electron chi connectivity index (χ4n) is 2.93. The molecule has 0 aromatic carbocycles. The molecule has 1 aromatic rings. The van der Waals surface area contributed by atoms with Gasteiger partial charge in [-0.3, -0.25) is 0 Å². The molecule has 0 radical (unpaired) electrons. The maximum absolute atomic E-state index is 4.70. The van der Waals surface area contributed by atoms with Crippen LogP contribution in [0.3, 0.4) is 0 Å². The van der Waals surface area contributed by atoms with Gasteiger partial charge in [0.05, 0.1) is 0 Å². The summed E-state index contributed by atoms with van der Waals surface area (Å²) in [4.78, 5) is 9.19. The first kappa shape index (κ1) is 13.3. The number of anilines is 1. The van der Waals surface area contributed by atoms with Crippen LogP contribution in [0.5, 0.6) is 0 Å². The number of hydrogen-bond donors (Lipinski definition) is 1. The van der Waals surface area contributed by atoms with Crippen LogP contribution in [0.15, 0.2) is 10.7 Å². The Morgan fingerprint density at radius 3 is 2.68 bits per heavy atom. The molecule has 1 N–H and O–H groups in total. The quantitative estimate of drug-likeness (QED) is 0.657. The van der Waals surface area contributed by atoms with Crippen molar-refractivity contribution in [2.75, 3.05) is 5.32 Å². The van der Waals surface area contributed by atoms with Gasteiger partial charge in [-0.15, -0.1) is 0 Å². The van der Waals surface area contributed by atoms with Gasteiger partial charge in [-0.25, -0.2) is 9.97 Å². The summed E-state index contributed by atoms with van der Waals surface area (Å²) >= 11 is 3.51. The first-order valence-electron chi connectivity index (χ1n) is 7.53. The van der Waals surface area contributed by atoms with E-state index in [9.17, 15) is 0 Å². The van der Waals surface area contributed by atoms with Crippen molar-refractivity contribution in [1.82, 2.24) is 9.97 Å². The molecule has 1 heterocycles. The number of nitrogens with zero attached hydrogens (tertiary/aromatic N) is 2.